The Morgan fingerprint density at radius 2 is 2.06 bits per heavy atom. The summed E-state index contributed by atoms with van der Waals surface area (Å²) in [6.07, 6.45) is 5.97. The fourth-order valence-electron chi connectivity index (χ4n) is 2.34. The number of piperidine rings is 1. The number of carbonyl (C=O) groups excluding carboxylic acids is 1. The number of benzene rings is 1. The van der Waals surface area contributed by atoms with Gasteiger partial charge in [-0.05, 0) is 37.3 Å². The summed E-state index contributed by atoms with van der Waals surface area (Å²) in [4.78, 5) is 14.0. The van der Waals surface area contributed by atoms with Crippen LogP contribution in [0.15, 0.2) is 30.3 Å². The number of nitrogens with zero attached hydrogens (tertiary/aromatic N) is 1. The van der Waals surface area contributed by atoms with Crippen molar-refractivity contribution in [3.05, 3.63) is 41.5 Å². The molecule has 0 unspecified atom stereocenters. The molecule has 0 spiro atoms. The molecule has 96 valence electrons. The lowest BCUT2D eigenvalue weighted by Gasteiger charge is -2.30. The van der Waals surface area contributed by atoms with E-state index < -0.39 is 0 Å². The number of hydrogen-bond acceptors (Lipinski definition) is 1. The van der Waals surface area contributed by atoms with Crippen LogP contribution >= 0.6 is 0 Å². The second-order valence-corrected chi connectivity index (χ2v) is 5.28. The number of carbonyl (C=O) groups is 1. The van der Waals surface area contributed by atoms with Crippen LogP contribution in [0.1, 0.15) is 30.9 Å². The van der Waals surface area contributed by atoms with Crippen molar-refractivity contribution in [1.82, 2.24) is 4.90 Å². The highest BCUT2D eigenvalue weighted by Crippen LogP contribution is 2.16. The Balaban J connectivity index is 1.96. The van der Waals surface area contributed by atoms with Crippen molar-refractivity contribution in [3.63, 3.8) is 0 Å². The first-order valence-electron chi connectivity index (χ1n) is 6.69. The van der Waals surface area contributed by atoms with Gasteiger partial charge in [0.05, 0.1) is 0 Å². The summed E-state index contributed by atoms with van der Waals surface area (Å²) < 4.78 is 0. The van der Waals surface area contributed by atoms with Gasteiger partial charge in [-0.3, -0.25) is 4.79 Å². The Morgan fingerprint density at radius 3 is 2.72 bits per heavy atom. The summed E-state index contributed by atoms with van der Waals surface area (Å²) in [6.45, 7) is 6.08. The summed E-state index contributed by atoms with van der Waals surface area (Å²) >= 11 is 0. The Hall–Kier alpha value is -1.57. The first-order chi connectivity index (χ1) is 8.65. The molecule has 0 radical (unpaired) electrons. The van der Waals surface area contributed by atoms with Gasteiger partial charge in [0.15, 0.2) is 0 Å². The molecule has 2 rings (SSSR count). The van der Waals surface area contributed by atoms with E-state index in [-0.39, 0.29) is 5.91 Å². The Labute approximate surface area is 109 Å². The van der Waals surface area contributed by atoms with Gasteiger partial charge in [0.1, 0.15) is 0 Å². The molecular formula is C16H21NO. The van der Waals surface area contributed by atoms with E-state index in [9.17, 15) is 4.79 Å². The maximum Gasteiger partial charge on any atom is 0.246 e. The molecule has 2 heteroatoms. The molecule has 0 saturated carbocycles. The number of aryl methyl sites for hydroxylation is 1. The van der Waals surface area contributed by atoms with Gasteiger partial charge >= 0.3 is 0 Å². The maximum absolute atomic E-state index is 12.0. The van der Waals surface area contributed by atoms with Crippen molar-refractivity contribution in [3.8, 4) is 0 Å². The molecule has 1 fully saturated rings. The number of hydrogen-bond donors (Lipinski definition) is 0. The van der Waals surface area contributed by atoms with E-state index >= 15 is 0 Å². The van der Waals surface area contributed by atoms with Crippen LogP contribution < -0.4 is 0 Å². The van der Waals surface area contributed by atoms with E-state index in [1.165, 1.54) is 12.0 Å². The van der Waals surface area contributed by atoms with Crippen molar-refractivity contribution in [2.75, 3.05) is 13.1 Å². The zero-order valence-corrected chi connectivity index (χ0v) is 11.2. The van der Waals surface area contributed by atoms with Crippen LogP contribution in [-0.4, -0.2) is 23.9 Å². The Kier molecular flexibility index (Phi) is 4.19. The van der Waals surface area contributed by atoms with E-state index in [0.717, 1.165) is 25.1 Å². The predicted molar refractivity (Wildman–Crippen MR) is 75.2 cm³/mol. The molecule has 1 heterocycles. The fourth-order valence-corrected chi connectivity index (χ4v) is 2.34. The summed E-state index contributed by atoms with van der Waals surface area (Å²) in [5, 5.41) is 0. The molecule has 1 atom stereocenters. The highest BCUT2D eigenvalue weighted by atomic mass is 16.2. The van der Waals surface area contributed by atoms with Gasteiger partial charge in [-0.1, -0.05) is 36.8 Å². The third-order valence-corrected chi connectivity index (χ3v) is 3.46. The van der Waals surface area contributed by atoms with E-state index in [4.69, 9.17) is 0 Å². The van der Waals surface area contributed by atoms with Crippen molar-refractivity contribution < 1.29 is 4.79 Å². The highest BCUT2D eigenvalue weighted by molar-refractivity contribution is 5.91. The number of amides is 1. The van der Waals surface area contributed by atoms with Gasteiger partial charge in [-0.15, -0.1) is 0 Å². The van der Waals surface area contributed by atoms with E-state index in [0.29, 0.717) is 5.92 Å². The predicted octanol–water partition coefficient (Wildman–Crippen LogP) is 3.27. The molecule has 1 amide bonds. The molecule has 1 aliphatic rings. The van der Waals surface area contributed by atoms with Crippen molar-refractivity contribution in [2.45, 2.75) is 26.7 Å². The average molecular weight is 243 g/mol. The van der Waals surface area contributed by atoms with Crippen LogP contribution in [0.2, 0.25) is 0 Å². The highest BCUT2D eigenvalue weighted by Gasteiger charge is 2.18. The molecule has 0 bridgehead atoms. The van der Waals surface area contributed by atoms with Crippen LogP contribution in [-0.2, 0) is 4.79 Å². The Bertz CT molecular complexity index is 433. The van der Waals surface area contributed by atoms with Crippen LogP contribution in [0.5, 0.6) is 0 Å². The fraction of sp³-hybridized carbons (Fsp3) is 0.438. The molecule has 1 aromatic rings. The van der Waals surface area contributed by atoms with Gasteiger partial charge in [-0.2, -0.15) is 0 Å². The third-order valence-electron chi connectivity index (χ3n) is 3.46. The van der Waals surface area contributed by atoms with Crippen LogP contribution in [0, 0.1) is 12.8 Å². The third kappa shape index (κ3) is 3.46. The first-order valence-corrected chi connectivity index (χ1v) is 6.69. The average Bonchev–Trinajstić information content (AvgIpc) is 2.38. The maximum atomic E-state index is 12.0. The normalized spacial score (nSPS) is 20.3. The van der Waals surface area contributed by atoms with Gasteiger partial charge in [0, 0.05) is 19.2 Å². The van der Waals surface area contributed by atoms with Crippen molar-refractivity contribution >= 4 is 12.0 Å². The van der Waals surface area contributed by atoms with Crippen LogP contribution in [0.25, 0.3) is 6.08 Å². The minimum atomic E-state index is 0.141. The van der Waals surface area contributed by atoms with Gasteiger partial charge in [-0.25, -0.2) is 0 Å². The molecule has 1 aliphatic heterocycles. The monoisotopic (exact) mass is 243 g/mol. The summed E-state index contributed by atoms with van der Waals surface area (Å²) in [7, 11) is 0. The zero-order valence-electron chi connectivity index (χ0n) is 11.2. The second-order valence-electron chi connectivity index (χ2n) is 5.28. The lowest BCUT2D eigenvalue weighted by molar-refractivity contribution is -0.127. The molecule has 0 N–H and O–H groups in total. The minimum absolute atomic E-state index is 0.141. The minimum Gasteiger partial charge on any atom is -0.339 e. The van der Waals surface area contributed by atoms with Crippen molar-refractivity contribution in [2.24, 2.45) is 5.92 Å². The van der Waals surface area contributed by atoms with E-state index in [1.54, 1.807) is 6.08 Å². The van der Waals surface area contributed by atoms with E-state index in [2.05, 4.69) is 26.0 Å². The van der Waals surface area contributed by atoms with Crippen molar-refractivity contribution in [1.29, 1.82) is 0 Å². The van der Waals surface area contributed by atoms with Gasteiger partial charge < -0.3 is 4.90 Å². The molecule has 1 aromatic carbocycles. The summed E-state index contributed by atoms with van der Waals surface area (Å²) in [5.74, 6) is 0.776. The number of likely N-dealkylation sites (tertiary alicyclic amines) is 1. The Morgan fingerprint density at radius 1 is 1.33 bits per heavy atom. The largest absolute Gasteiger partial charge is 0.339 e. The quantitative estimate of drug-likeness (QED) is 0.730. The van der Waals surface area contributed by atoms with Gasteiger partial charge in [0.25, 0.3) is 0 Å². The summed E-state index contributed by atoms with van der Waals surface area (Å²) in [5.41, 5.74) is 2.32. The zero-order chi connectivity index (χ0) is 13.0. The first kappa shape index (κ1) is 12.9. The van der Waals surface area contributed by atoms with E-state index in [1.807, 2.05) is 23.1 Å². The van der Waals surface area contributed by atoms with Crippen LogP contribution in [0.3, 0.4) is 0 Å². The molecule has 1 saturated heterocycles. The molecule has 0 aromatic heterocycles. The lowest BCUT2D eigenvalue weighted by atomic mass is 10.0. The molecule has 18 heavy (non-hydrogen) atoms. The SMILES string of the molecule is Cc1ccc(/C=C/C(=O)N2CCC[C@@H](C)C2)cc1. The van der Waals surface area contributed by atoms with Crippen LogP contribution in [0.4, 0.5) is 0 Å². The number of rotatable bonds is 2. The topological polar surface area (TPSA) is 20.3 Å². The standard InChI is InChI=1S/C16H21NO/c1-13-5-7-15(8-6-13)9-10-16(18)17-11-3-4-14(2)12-17/h5-10,14H,3-4,11-12H2,1-2H3/b10-9+/t14-/m1/s1. The summed E-state index contributed by atoms with van der Waals surface area (Å²) in [6, 6.07) is 8.20. The van der Waals surface area contributed by atoms with Gasteiger partial charge in [0.2, 0.25) is 5.91 Å². The lowest BCUT2D eigenvalue weighted by Crippen LogP contribution is -2.38. The smallest absolute Gasteiger partial charge is 0.246 e. The molecular weight excluding hydrogens is 222 g/mol. The molecule has 0 aliphatic carbocycles. The molecule has 2 nitrogen and oxygen atoms in total. The second kappa shape index (κ2) is 5.85.